The molecule has 0 bridgehead atoms. The van der Waals surface area contributed by atoms with Crippen molar-refractivity contribution in [3.63, 3.8) is 0 Å². The summed E-state index contributed by atoms with van der Waals surface area (Å²) in [5.41, 5.74) is 1.49. The highest BCUT2D eigenvalue weighted by Gasteiger charge is 2.20. The number of nitrogens with zero attached hydrogens (tertiary/aromatic N) is 1. The van der Waals surface area contributed by atoms with Gasteiger partial charge < -0.3 is 9.84 Å². The van der Waals surface area contributed by atoms with Crippen molar-refractivity contribution in [3.8, 4) is 0 Å². The van der Waals surface area contributed by atoms with Gasteiger partial charge >= 0.3 is 0 Å². The molecule has 0 atom stereocenters. The second-order valence-corrected chi connectivity index (χ2v) is 6.11. The van der Waals surface area contributed by atoms with E-state index in [9.17, 15) is 8.42 Å². The Morgan fingerprint density at radius 2 is 2.06 bits per heavy atom. The molecular formula is C12H19NO4S. The van der Waals surface area contributed by atoms with Crippen molar-refractivity contribution in [1.29, 1.82) is 0 Å². The van der Waals surface area contributed by atoms with E-state index < -0.39 is 10.0 Å². The minimum atomic E-state index is -3.52. The molecule has 0 saturated heterocycles. The van der Waals surface area contributed by atoms with Crippen LogP contribution in [0.1, 0.15) is 11.1 Å². The molecule has 1 rings (SSSR count). The van der Waals surface area contributed by atoms with Crippen LogP contribution in [0.2, 0.25) is 0 Å². The summed E-state index contributed by atoms with van der Waals surface area (Å²) in [5, 5.41) is 9.16. The number of aliphatic hydroxyl groups is 1. The maximum atomic E-state index is 12.2. The minimum Gasteiger partial charge on any atom is -0.392 e. The fourth-order valence-electron chi connectivity index (χ4n) is 1.50. The fraction of sp³-hybridized carbons (Fsp3) is 0.500. The van der Waals surface area contributed by atoms with Crippen LogP contribution in [0.4, 0.5) is 0 Å². The van der Waals surface area contributed by atoms with Crippen molar-refractivity contribution < 1.29 is 18.3 Å². The van der Waals surface area contributed by atoms with Gasteiger partial charge in [0.2, 0.25) is 10.0 Å². The third kappa shape index (κ3) is 3.29. The van der Waals surface area contributed by atoms with E-state index in [1.54, 1.807) is 12.1 Å². The summed E-state index contributed by atoms with van der Waals surface area (Å²) in [6.45, 7) is 2.29. The van der Waals surface area contributed by atoms with Gasteiger partial charge in [-0.25, -0.2) is 8.42 Å². The van der Waals surface area contributed by atoms with Gasteiger partial charge in [-0.15, -0.1) is 0 Å². The fourth-order valence-corrected chi connectivity index (χ4v) is 2.70. The molecule has 1 aromatic carbocycles. The Balaban J connectivity index is 3.05. The normalized spacial score (nSPS) is 12.1. The standard InChI is InChI=1S/C12H19NO4S/c1-10-4-5-12(8-11(10)9-14)18(15,16)13(2)6-7-17-3/h4-5,8,14H,6-7,9H2,1-3H3. The topological polar surface area (TPSA) is 66.8 Å². The Labute approximate surface area is 108 Å². The molecule has 102 valence electrons. The van der Waals surface area contributed by atoms with Crippen molar-refractivity contribution >= 4 is 10.0 Å². The first-order valence-electron chi connectivity index (χ1n) is 5.59. The Bertz CT molecular complexity index is 499. The van der Waals surface area contributed by atoms with Gasteiger partial charge in [0, 0.05) is 20.7 Å². The highest BCUT2D eigenvalue weighted by Crippen LogP contribution is 2.18. The van der Waals surface area contributed by atoms with E-state index in [2.05, 4.69) is 0 Å². The van der Waals surface area contributed by atoms with Gasteiger partial charge in [-0.3, -0.25) is 0 Å². The number of rotatable bonds is 6. The lowest BCUT2D eigenvalue weighted by molar-refractivity contribution is 0.185. The number of sulfonamides is 1. The average Bonchev–Trinajstić information content (AvgIpc) is 2.36. The van der Waals surface area contributed by atoms with Gasteiger partial charge in [0.15, 0.2) is 0 Å². The van der Waals surface area contributed by atoms with Crippen molar-refractivity contribution in [2.75, 3.05) is 27.3 Å². The number of aryl methyl sites for hydroxylation is 1. The second kappa shape index (κ2) is 6.29. The first-order chi connectivity index (χ1) is 8.43. The first kappa shape index (κ1) is 15.1. The maximum absolute atomic E-state index is 12.2. The predicted molar refractivity (Wildman–Crippen MR) is 68.8 cm³/mol. The minimum absolute atomic E-state index is 0.170. The number of hydrogen-bond acceptors (Lipinski definition) is 4. The molecule has 0 saturated carbocycles. The van der Waals surface area contributed by atoms with Crippen molar-refractivity contribution in [2.24, 2.45) is 0 Å². The van der Waals surface area contributed by atoms with Crippen LogP contribution in [-0.2, 0) is 21.4 Å². The molecule has 0 aliphatic rings. The van der Waals surface area contributed by atoms with E-state index in [4.69, 9.17) is 9.84 Å². The van der Waals surface area contributed by atoms with Gasteiger partial charge in [-0.05, 0) is 30.2 Å². The first-order valence-corrected chi connectivity index (χ1v) is 7.03. The van der Waals surface area contributed by atoms with Crippen LogP contribution in [0, 0.1) is 6.92 Å². The largest absolute Gasteiger partial charge is 0.392 e. The lowest BCUT2D eigenvalue weighted by atomic mass is 10.1. The molecule has 0 radical (unpaired) electrons. The quantitative estimate of drug-likeness (QED) is 0.830. The van der Waals surface area contributed by atoms with Crippen molar-refractivity contribution in [3.05, 3.63) is 29.3 Å². The van der Waals surface area contributed by atoms with E-state index in [1.807, 2.05) is 6.92 Å². The third-order valence-electron chi connectivity index (χ3n) is 2.81. The molecule has 18 heavy (non-hydrogen) atoms. The molecule has 5 nitrogen and oxygen atoms in total. The highest BCUT2D eigenvalue weighted by atomic mass is 32.2. The molecule has 0 amide bonds. The Morgan fingerprint density at radius 3 is 2.61 bits per heavy atom. The zero-order valence-corrected chi connectivity index (χ0v) is 11.7. The molecule has 0 spiro atoms. The van der Waals surface area contributed by atoms with E-state index in [0.29, 0.717) is 18.7 Å². The molecule has 0 aliphatic heterocycles. The van der Waals surface area contributed by atoms with E-state index >= 15 is 0 Å². The third-order valence-corrected chi connectivity index (χ3v) is 4.66. The van der Waals surface area contributed by atoms with Crippen molar-refractivity contribution in [1.82, 2.24) is 4.31 Å². The van der Waals surface area contributed by atoms with E-state index in [0.717, 1.165) is 5.56 Å². The molecule has 0 aromatic heterocycles. The Hall–Kier alpha value is -0.950. The Kier molecular flexibility index (Phi) is 5.28. The summed E-state index contributed by atoms with van der Waals surface area (Å²) >= 11 is 0. The lowest BCUT2D eigenvalue weighted by Gasteiger charge is -2.17. The summed E-state index contributed by atoms with van der Waals surface area (Å²) in [6.07, 6.45) is 0. The van der Waals surface area contributed by atoms with Gasteiger partial charge in [0.1, 0.15) is 0 Å². The van der Waals surface area contributed by atoms with Gasteiger partial charge in [0.25, 0.3) is 0 Å². The molecule has 0 fully saturated rings. The zero-order valence-electron chi connectivity index (χ0n) is 10.9. The van der Waals surface area contributed by atoms with Crippen LogP contribution in [0.5, 0.6) is 0 Å². The van der Waals surface area contributed by atoms with Crippen LogP contribution < -0.4 is 0 Å². The maximum Gasteiger partial charge on any atom is 0.242 e. The lowest BCUT2D eigenvalue weighted by Crippen LogP contribution is -2.30. The van der Waals surface area contributed by atoms with Gasteiger partial charge in [-0.1, -0.05) is 6.07 Å². The van der Waals surface area contributed by atoms with Crippen LogP contribution >= 0.6 is 0 Å². The Morgan fingerprint density at radius 1 is 1.39 bits per heavy atom. The average molecular weight is 273 g/mol. The second-order valence-electron chi connectivity index (χ2n) is 4.07. The van der Waals surface area contributed by atoms with Gasteiger partial charge in [-0.2, -0.15) is 4.31 Å². The summed E-state index contributed by atoms with van der Waals surface area (Å²) in [6, 6.07) is 4.75. The van der Waals surface area contributed by atoms with Crippen LogP contribution in [0.3, 0.4) is 0 Å². The smallest absolute Gasteiger partial charge is 0.242 e. The van der Waals surface area contributed by atoms with Crippen LogP contribution in [0.25, 0.3) is 0 Å². The number of likely N-dealkylation sites (N-methyl/N-ethyl adjacent to an activating group) is 1. The zero-order chi connectivity index (χ0) is 13.8. The molecule has 1 aromatic rings. The number of aliphatic hydroxyl groups excluding tert-OH is 1. The summed E-state index contributed by atoms with van der Waals surface area (Å²) in [5.74, 6) is 0. The van der Waals surface area contributed by atoms with E-state index in [-0.39, 0.29) is 11.5 Å². The highest BCUT2D eigenvalue weighted by molar-refractivity contribution is 7.89. The summed E-state index contributed by atoms with van der Waals surface area (Å²) < 4.78 is 30.5. The molecule has 0 unspecified atom stereocenters. The summed E-state index contributed by atoms with van der Waals surface area (Å²) in [7, 11) is -0.488. The molecule has 1 N–H and O–H groups in total. The van der Waals surface area contributed by atoms with Crippen LogP contribution in [-0.4, -0.2) is 45.1 Å². The number of methoxy groups -OCH3 is 1. The SMILES string of the molecule is COCCN(C)S(=O)(=O)c1ccc(C)c(CO)c1. The van der Waals surface area contributed by atoms with E-state index in [1.165, 1.54) is 24.5 Å². The van der Waals surface area contributed by atoms with Gasteiger partial charge in [0.05, 0.1) is 18.1 Å². The number of ether oxygens (including phenoxy) is 1. The number of benzene rings is 1. The molecule has 6 heteroatoms. The summed E-state index contributed by atoms with van der Waals surface area (Å²) in [4.78, 5) is 0.191. The molecule has 0 heterocycles. The monoisotopic (exact) mass is 273 g/mol. The number of hydrogen-bond donors (Lipinski definition) is 1. The van der Waals surface area contributed by atoms with Crippen molar-refractivity contribution in [2.45, 2.75) is 18.4 Å². The molecule has 0 aliphatic carbocycles. The predicted octanol–water partition coefficient (Wildman–Crippen LogP) is 0.754. The molecular weight excluding hydrogens is 254 g/mol. The van der Waals surface area contributed by atoms with Crippen LogP contribution in [0.15, 0.2) is 23.1 Å².